The number of carbonyl (C=O) groups excluding carboxylic acids is 1. The number of fused-ring (bicyclic) bond motifs is 1. The molecule has 2 rings (SSSR count). The summed E-state index contributed by atoms with van der Waals surface area (Å²) in [5.74, 6) is -0.272. The lowest BCUT2D eigenvalue weighted by Crippen LogP contribution is -2.08. The zero-order valence-electron chi connectivity index (χ0n) is 8.70. The normalized spacial score (nSPS) is 12.6. The largest absolute Gasteiger partial charge is 0.319 e. The third kappa shape index (κ3) is 2.41. The third-order valence-corrected chi connectivity index (χ3v) is 3.12. The molecule has 1 aromatic carbocycles. The summed E-state index contributed by atoms with van der Waals surface area (Å²) in [7, 11) is 0. The second kappa shape index (κ2) is 5.00. The molecular weight excluding hydrogens is 281 g/mol. The van der Waals surface area contributed by atoms with Gasteiger partial charge in [-0.05, 0) is 19.1 Å². The Balaban J connectivity index is 2.45. The van der Waals surface area contributed by atoms with E-state index in [1.807, 2.05) is 0 Å². The zero-order chi connectivity index (χ0) is 12.4. The molecule has 0 fully saturated rings. The number of rotatable bonds is 2. The Bertz CT molecular complexity index is 592. The maximum Gasteiger partial charge on any atom is 0.248 e. The number of hydrogen-bond acceptors (Lipinski definition) is 3. The van der Waals surface area contributed by atoms with Crippen LogP contribution < -0.4 is 5.32 Å². The fraction of sp³-hybridized carbons (Fsp3) is 0.100. The molecule has 1 aromatic rings. The molecule has 1 aliphatic rings. The van der Waals surface area contributed by atoms with Crippen molar-refractivity contribution in [3.8, 4) is 0 Å². The Hall–Kier alpha value is -1.17. The second-order valence-electron chi connectivity index (χ2n) is 3.17. The molecule has 4 nitrogen and oxygen atoms in total. The van der Waals surface area contributed by atoms with Gasteiger partial charge in [-0.2, -0.15) is 8.73 Å². The minimum Gasteiger partial charge on any atom is -0.319 e. The highest BCUT2D eigenvalue weighted by Gasteiger charge is 2.19. The molecule has 0 spiro atoms. The van der Waals surface area contributed by atoms with E-state index >= 15 is 0 Å². The first-order valence-corrected chi connectivity index (χ1v) is 6.16. The van der Waals surface area contributed by atoms with Crippen LogP contribution in [0.4, 0.5) is 17.1 Å². The molecule has 0 saturated carbocycles. The third-order valence-electron chi connectivity index (χ3n) is 2.01. The van der Waals surface area contributed by atoms with E-state index in [0.29, 0.717) is 27.1 Å². The van der Waals surface area contributed by atoms with Crippen molar-refractivity contribution in [3.63, 3.8) is 0 Å². The Labute approximate surface area is 112 Å². The summed E-state index contributed by atoms with van der Waals surface area (Å²) < 4.78 is 8.12. The van der Waals surface area contributed by atoms with E-state index in [4.69, 9.17) is 23.2 Å². The molecule has 1 aliphatic heterocycles. The minimum absolute atomic E-state index is 0.272. The summed E-state index contributed by atoms with van der Waals surface area (Å²) in [6.07, 6.45) is 3.03. The van der Waals surface area contributed by atoms with E-state index in [-0.39, 0.29) is 5.91 Å². The van der Waals surface area contributed by atoms with Gasteiger partial charge in [-0.25, -0.2) is 0 Å². The molecule has 88 valence electrons. The smallest absolute Gasteiger partial charge is 0.248 e. The Kier molecular flexibility index (Phi) is 3.61. The van der Waals surface area contributed by atoms with Crippen molar-refractivity contribution in [3.05, 3.63) is 28.3 Å². The molecule has 0 radical (unpaired) electrons. The molecule has 1 heterocycles. The van der Waals surface area contributed by atoms with Crippen LogP contribution in [0.2, 0.25) is 10.0 Å². The van der Waals surface area contributed by atoms with Crippen molar-refractivity contribution in [2.24, 2.45) is 8.73 Å². The Morgan fingerprint density at radius 3 is 2.76 bits per heavy atom. The summed E-state index contributed by atoms with van der Waals surface area (Å²) >= 11 is 13.0. The highest BCUT2D eigenvalue weighted by Crippen LogP contribution is 2.47. The van der Waals surface area contributed by atoms with Gasteiger partial charge in [-0.15, -0.1) is 0 Å². The van der Waals surface area contributed by atoms with Gasteiger partial charge in [0.05, 0.1) is 27.1 Å². The summed E-state index contributed by atoms with van der Waals surface area (Å²) in [5.41, 5.74) is 1.48. The first kappa shape index (κ1) is 12.3. The molecule has 0 aromatic heterocycles. The lowest BCUT2D eigenvalue weighted by atomic mass is 10.2. The number of allylic oxidation sites excluding steroid dienone is 1. The van der Waals surface area contributed by atoms with Crippen LogP contribution in [-0.4, -0.2) is 5.91 Å². The minimum atomic E-state index is -0.272. The van der Waals surface area contributed by atoms with Crippen LogP contribution in [0.3, 0.4) is 0 Å². The first-order chi connectivity index (χ1) is 8.13. The maximum absolute atomic E-state index is 11.5. The molecule has 7 heteroatoms. The topological polar surface area (TPSA) is 53.8 Å². The van der Waals surface area contributed by atoms with Crippen molar-refractivity contribution >= 4 is 57.5 Å². The van der Waals surface area contributed by atoms with Gasteiger partial charge in [0.1, 0.15) is 11.4 Å². The zero-order valence-corrected chi connectivity index (χ0v) is 11.0. The number of amides is 1. The van der Waals surface area contributed by atoms with Crippen LogP contribution >= 0.6 is 23.2 Å². The van der Waals surface area contributed by atoms with Gasteiger partial charge in [-0.3, -0.25) is 4.79 Å². The van der Waals surface area contributed by atoms with Crippen molar-refractivity contribution in [2.45, 2.75) is 6.92 Å². The van der Waals surface area contributed by atoms with Crippen molar-refractivity contribution < 1.29 is 4.79 Å². The molecule has 0 saturated heterocycles. The average Bonchev–Trinajstić information content (AvgIpc) is 2.73. The predicted octanol–water partition coefficient (Wildman–Crippen LogP) is 4.23. The van der Waals surface area contributed by atoms with Crippen molar-refractivity contribution in [2.75, 3.05) is 5.32 Å². The monoisotopic (exact) mass is 287 g/mol. The molecular formula is C10H7Cl2N3OS. The van der Waals surface area contributed by atoms with Crippen molar-refractivity contribution in [1.82, 2.24) is 0 Å². The number of anilines is 1. The lowest BCUT2D eigenvalue weighted by Gasteiger charge is -2.09. The summed E-state index contributed by atoms with van der Waals surface area (Å²) in [5, 5.41) is 3.42. The van der Waals surface area contributed by atoms with E-state index in [1.54, 1.807) is 13.0 Å². The van der Waals surface area contributed by atoms with Gasteiger partial charge < -0.3 is 5.32 Å². The average molecular weight is 288 g/mol. The Morgan fingerprint density at radius 2 is 2.06 bits per heavy atom. The quantitative estimate of drug-likeness (QED) is 0.826. The predicted molar refractivity (Wildman–Crippen MR) is 71.4 cm³/mol. The number of benzene rings is 1. The van der Waals surface area contributed by atoms with Crippen LogP contribution in [0, 0.1) is 0 Å². The van der Waals surface area contributed by atoms with Gasteiger partial charge in [0.25, 0.3) is 0 Å². The lowest BCUT2D eigenvalue weighted by molar-refractivity contribution is -0.111. The van der Waals surface area contributed by atoms with Crippen molar-refractivity contribution in [1.29, 1.82) is 0 Å². The number of nitrogens with zero attached hydrogens (tertiary/aromatic N) is 2. The SMILES string of the molecule is CC=CC(=O)Nc1c(Cl)cc(Cl)c2c1N=S=N2. The molecule has 0 unspecified atom stereocenters. The number of halogens is 2. The Morgan fingerprint density at radius 1 is 1.35 bits per heavy atom. The number of hydrogen-bond donors (Lipinski definition) is 1. The van der Waals surface area contributed by atoms with E-state index in [9.17, 15) is 4.79 Å². The van der Waals surface area contributed by atoms with Gasteiger partial charge in [0, 0.05) is 0 Å². The first-order valence-electron chi connectivity index (χ1n) is 4.67. The van der Waals surface area contributed by atoms with E-state index < -0.39 is 0 Å². The fourth-order valence-electron chi connectivity index (χ4n) is 1.31. The second-order valence-corrected chi connectivity index (χ2v) is 4.51. The molecule has 0 atom stereocenters. The van der Waals surface area contributed by atoms with Crippen LogP contribution in [0.25, 0.3) is 0 Å². The molecule has 0 bridgehead atoms. The standard InChI is InChI=1S/C10H7Cl2N3OS/c1-2-3-7(16)13-8-5(11)4-6(12)9-10(8)15-17-14-9/h2-4H,1H3,(H,13,16). The maximum atomic E-state index is 11.5. The van der Waals surface area contributed by atoms with E-state index in [0.717, 1.165) is 11.4 Å². The molecule has 1 amide bonds. The van der Waals surface area contributed by atoms with E-state index in [1.165, 1.54) is 12.1 Å². The van der Waals surface area contributed by atoms with Crippen LogP contribution in [0.15, 0.2) is 26.9 Å². The molecule has 0 aliphatic carbocycles. The van der Waals surface area contributed by atoms with Gasteiger partial charge in [0.2, 0.25) is 5.91 Å². The summed E-state index contributed by atoms with van der Waals surface area (Å²) in [4.78, 5) is 11.5. The van der Waals surface area contributed by atoms with E-state index in [2.05, 4.69) is 14.0 Å². The van der Waals surface area contributed by atoms with Gasteiger partial charge >= 0.3 is 0 Å². The summed E-state index contributed by atoms with van der Waals surface area (Å²) in [6, 6.07) is 1.54. The van der Waals surface area contributed by atoms with Crippen LogP contribution in [-0.2, 0) is 16.1 Å². The number of nitrogens with one attached hydrogen (secondary N) is 1. The van der Waals surface area contributed by atoms with Gasteiger partial charge in [0.15, 0.2) is 0 Å². The fourth-order valence-corrected chi connectivity index (χ4v) is 2.47. The highest BCUT2D eigenvalue weighted by molar-refractivity contribution is 7.58. The summed E-state index contributed by atoms with van der Waals surface area (Å²) in [6.45, 7) is 1.75. The van der Waals surface area contributed by atoms with Crippen LogP contribution in [0.1, 0.15) is 6.92 Å². The van der Waals surface area contributed by atoms with Crippen LogP contribution in [0.5, 0.6) is 0 Å². The molecule has 1 N–H and O–H groups in total. The highest BCUT2D eigenvalue weighted by atomic mass is 35.5. The van der Waals surface area contributed by atoms with Gasteiger partial charge in [-0.1, -0.05) is 29.3 Å². The number of carbonyl (C=O) groups is 1. The molecule has 17 heavy (non-hydrogen) atoms.